The molecule has 5 nitrogen and oxygen atoms in total. The third-order valence-corrected chi connectivity index (χ3v) is 8.45. The molecule has 1 amide bonds. The Labute approximate surface area is 195 Å². The average Bonchev–Trinajstić information content (AvgIpc) is 3.45. The van der Waals surface area contributed by atoms with Crippen molar-refractivity contribution in [2.75, 3.05) is 19.7 Å². The highest BCUT2D eigenvalue weighted by atomic mass is 19.1. The molecular formula is C27H36FNO4. The van der Waals surface area contributed by atoms with Crippen LogP contribution >= 0.6 is 0 Å². The first-order chi connectivity index (χ1) is 15.7. The summed E-state index contributed by atoms with van der Waals surface area (Å²) in [5.74, 6) is 0.819. The fourth-order valence-electron chi connectivity index (χ4n) is 6.97. The van der Waals surface area contributed by atoms with Gasteiger partial charge in [0.05, 0.1) is 18.1 Å². The highest BCUT2D eigenvalue weighted by Gasteiger charge is 2.42. The van der Waals surface area contributed by atoms with Gasteiger partial charge in [0.15, 0.2) is 0 Å². The van der Waals surface area contributed by atoms with Gasteiger partial charge in [0.2, 0.25) is 0 Å². The van der Waals surface area contributed by atoms with E-state index in [0.717, 1.165) is 36.2 Å². The smallest absolute Gasteiger partial charge is 0.308 e. The number of rotatable bonds is 6. The van der Waals surface area contributed by atoms with E-state index in [1.165, 1.54) is 43.1 Å². The largest absolute Gasteiger partial charge is 0.493 e. The third-order valence-electron chi connectivity index (χ3n) is 8.45. The molecule has 180 valence electrons. The maximum Gasteiger partial charge on any atom is 0.308 e. The van der Waals surface area contributed by atoms with Gasteiger partial charge in [0.25, 0.3) is 5.91 Å². The molecule has 3 unspecified atom stereocenters. The molecule has 3 saturated carbocycles. The van der Waals surface area contributed by atoms with Gasteiger partial charge in [0, 0.05) is 24.6 Å². The number of carbonyl (C=O) groups excluding carboxylic acids is 1. The molecule has 1 N–H and O–H groups in total. The van der Waals surface area contributed by atoms with Crippen LogP contribution in [0.5, 0.6) is 5.75 Å². The molecule has 3 aliphatic carbocycles. The van der Waals surface area contributed by atoms with Crippen molar-refractivity contribution < 1.29 is 23.8 Å². The number of fused-ring (bicyclic) bond motifs is 2. The second-order valence-corrected chi connectivity index (χ2v) is 11.8. The van der Waals surface area contributed by atoms with Crippen molar-refractivity contribution in [2.24, 2.45) is 29.1 Å². The summed E-state index contributed by atoms with van der Waals surface area (Å²) in [7, 11) is 0. The number of halogens is 1. The molecule has 1 saturated heterocycles. The van der Waals surface area contributed by atoms with E-state index in [0.29, 0.717) is 31.2 Å². The van der Waals surface area contributed by atoms with Crippen molar-refractivity contribution >= 4 is 11.9 Å². The maximum atomic E-state index is 15.1. The van der Waals surface area contributed by atoms with E-state index in [-0.39, 0.29) is 17.5 Å². The van der Waals surface area contributed by atoms with Gasteiger partial charge in [-0.25, -0.2) is 4.39 Å². The van der Waals surface area contributed by atoms with Crippen LogP contribution in [-0.4, -0.2) is 41.6 Å². The normalized spacial score (nSPS) is 33.7. The molecule has 3 atom stereocenters. The second kappa shape index (κ2) is 8.59. The Morgan fingerprint density at radius 3 is 2.45 bits per heavy atom. The molecular weight excluding hydrogens is 421 g/mol. The minimum absolute atomic E-state index is 0.0442. The highest BCUT2D eigenvalue weighted by molar-refractivity contribution is 5.95. The van der Waals surface area contributed by atoms with E-state index < -0.39 is 23.6 Å². The van der Waals surface area contributed by atoms with Gasteiger partial charge in [0.1, 0.15) is 11.6 Å². The molecule has 33 heavy (non-hydrogen) atoms. The highest BCUT2D eigenvalue weighted by Crippen LogP contribution is 2.51. The van der Waals surface area contributed by atoms with E-state index in [2.05, 4.69) is 13.8 Å². The molecule has 0 spiro atoms. The van der Waals surface area contributed by atoms with Crippen molar-refractivity contribution in [2.45, 2.75) is 71.1 Å². The Morgan fingerprint density at radius 2 is 1.85 bits per heavy atom. The fraction of sp³-hybridized carbons (Fsp3) is 0.704. The number of ether oxygens (including phenoxy) is 1. The van der Waals surface area contributed by atoms with Gasteiger partial charge >= 0.3 is 5.97 Å². The first-order valence-corrected chi connectivity index (χ1v) is 12.7. The number of carboxylic acids is 1. The standard InChI is InChI=1S/C27H36FNO4/c1-16-7-17-9-18(8-16)13-27(2,12-17)15-33-24-11-23(28)22(10-21(24)19-3-4-19)25(30)29-6-5-20(14-29)26(31)32/h10-11,16-20H,3-9,12-15H2,1-2H3,(H,31,32). The zero-order valence-electron chi connectivity index (χ0n) is 19.8. The molecule has 1 heterocycles. The zero-order valence-corrected chi connectivity index (χ0v) is 19.8. The van der Waals surface area contributed by atoms with Crippen LogP contribution in [0.25, 0.3) is 0 Å². The fourth-order valence-corrected chi connectivity index (χ4v) is 6.97. The Bertz CT molecular complexity index is 924. The predicted octanol–water partition coefficient (Wildman–Crippen LogP) is 5.48. The van der Waals surface area contributed by atoms with Crippen molar-refractivity contribution in [3.8, 4) is 5.75 Å². The summed E-state index contributed by atoms with van der Waals surface area (Å²) >= 11 is 0. The minimum Gasteiger partial charge on any atom is -0.493 e. The van der Waals surface area contributed by atoms with Gasteiger partial charge < -0.3 is 14.7 Å². The molecule has 0 aromatic heterocycles. The van der Waals surface area contributed by atoms with E-state index in [4.69, 9.17) is 4.74 Å². The molecule has 1 aromatic rings. The van der Waals surface area contributed by atoms with Crippen LogP contribution < -0.4 is 4.74 Å². The van der Waals surface area contributed by atoms with Gasteiger partial charge in [-0.3, -0.25) is 9.59 Å². The van der Waals surface area contributed by atoms with Gasteiger partial charge in [-0.1, -0.05) is 13.8 Å². The lowest BCUT2D eigenvalue weighted by atomic mass is 9.60. The molecule has 6 heteroatoms. The van der Waals surface area contributed by atoms with Crippen LogP contribution in [0.2, 0.25) is 0 Å². The lowest BCUT2D eigenvalue weighted by Crippen LogP contribution is -2.39. The van der Waals surface area contributed by atoms with Crippen molar-refractivity contribution in [1.82, 2.24) is 4.90 Å². The topological polar surface area (TPSA) is 66.8 Å². The molecule has 2 bridgehead atoms. The van der Waals surface area contributed by atoms with Crippen molar-refractivity contribution in [1.29, 1.82) is 0 Å². The predicted molar refractivity (Wildman–Crippen MR) is 123 cm³/mol. The number of aliphatic carboxylic acids is 1. The summed E-state index contributed by atoms with van der Waals surface area (Å²) in [5, 5.41) is 9.22. The number of amides is 1. The minimum atomic E-state index is -0.900. The van der Waals surface area contributed by atoms with Crippen molar-refractivity contribution in [3.63, 3.8) is 0 Å². The van der Waals surface area contributed by atoms with Crippen LogP contribution in [0.1, 0.15) is 87.1 Å². The van der Waals surface area contributed by atoms with Crippen LogP contribution in [0.15, 0.2) is 12.1 Å². The van der Waals surface area contributed by atoms with E-state index in [9.17, 15) is 14.7 Å². The van der Waals surface area contributed by atoms with Crippen LogP contribution in [0, 0.1) is 34.9 Å². The monoisotopic (exact) mass is 457 g/mol. The molecule has 0 radical (unpaired) electrons. The summed E-state index contributed by atoms with van der Waals surface area (Å²) in [6.07, 6.45) is 8.78. The van der Waals surface area contributed by atoms with Gasteiger partial charge in [-0.05, 0) is 86.7 Å². The van der Waals surface area contributed by atoms with E-state index in [1.54, 1.807) is 6.07 Å². The lowest BCUT2D eigenvalue weighted by Gasteiger charge is -2.47. The van der Waals surface area contributed by atoms with Crippen molar-refractivity contribution in [3.05, 3.63) is 29.1 Å². The summed E-state index contributed by atoms with van der Waals surface area (Å²) < 4.78 is 21.4. The Balaban J connectivity index is 1.31. The van der Waals surface area contributed by atoms with Crippen LogP contribution in [0.3, 0.4) is 0 Å². The van der Waals surface area contributed by atoms with E-state index >= 15 is 4.39 Å². The first kappa shape index (κ1) is 22.7. The lowest BCUT2D eigenvalue weighted by molar-refractivity contribution is -0.141. The number of benzene rings is 1. The van der Waals surface area contributed by atoms with Gasteiger partial charge in [-0.15, -0.1) is 0 Å². The van der Waals surface area contributed by atoms with Crippen LogP contribution in [-0.2, 0) is 4.79 Å². The number of hydrogen-bond donors (Lipinski definition) is 1. The Hall–Kier alpha value is -2.11. The summed E-state index contributed by atoms with van der Waals surface area (Å²) in [4.78, 5) is 25.7. The number of hydrogen-bond acceptors (Lipinski definition) is 3. The maximum absolute atomic E-state index is 15.1. The molecule has 4 aliphatic rings. The number of nitrogens with zero attached hydrogens (tertiary/aromatic N) is 1. The Kier molecular flexibility index (Phi) is 5.90. The SMILES string of the molecule is CC1CC2CC(C1)CC(C)(COc1cc(F)c(C(=O)N3CCC(C(=O)O)C3)cc1C1CC1)C2. The molecule has 4 fully saturated rings. The van der Waals surface area contributed by atoms with Crippen LogP contribution in [0.4, 0.5) is 4.39 Å². The number of likely N-dealkylation sites (tertiary alicyclic amines) is 1. The molecule has 1 aromatic carbocycles. The second-order valence-electron chi connectivity index (χ2n) is 11.8. The van der Waals surface area contributed by atoms with E-state index in [1.807, 2.05) is 0 Å². The number of carbonyl (C=O) groups is 2. The summed E-state index contributed by atoms with van der Waals surface area (Å²) in [6.45, 7) is 5.78. The third kappa shape index (κ3) is 4.76. The first-order valence-electron chi connectivity index (χ1n) is 12.7. The average molecular weight is 458 g/mol. The zero-order chi connectivity index (χ0) is 23.3. The summed E-state index contributed by atoms with van der Waals surface area (Å²) in [6, 6.07) is 3.08. The molecule has 5 rings (SSSR count). The Morgan fingerprint density at radius 1 is 1.15 bits per heavy atom. The van der Waals surface area contributed by atoms with Gasteiger partial charge in [-0.2, -0.15) is 0 Å². The molecule has 1 aliphatic heterocycles. The quantitative estimate of drug-likeness (QED) is 0.614. The number of carboxylic acid groups (broad SMARTS) is 1. The summed E-state index contributed by atoms with van der Waals surface area (Å²) in [5.41, 5.74) is 1.09.